The molecule has 2 heterocycles. The third-order valence-corrected chi connectivity index (χ3v) is 5.36. The zero-order valence-corrected chi connectivity index (χ0v) is 14.3. The van der Waals surface area contributed by atoms with Gasteiger partial charge in [0.15, 0.2) is 0 Å². The minimum absolute atomic E-state index is 0.284. The number of pyridine rings is 1. The lowest BCUT2D eigenvalue weighted by molar-refractivity contribution is 0.0611. The summed E-state index contributed by atoms with van der Waals surface area (Å²) in [5.74, 6) is 0.916. The van der Waals surface area contributed by atoms with Gasteiger partial charge in [-0.1, -0.05) is 96.8 Å². The second kappa shape index (κ2) is 5.75. The van der Waals surface area contributed by atoms with E-state index in [1.807, 2.05) is 66.7 Å². The van der Waals surface area contributed by atoms with Crippen molar-refractivity contribution < 1.29 is 5.11 Å². The maximum absolute atomic E-state index is 11.9. The number of aliphatic hydroxyl groups is 1. The van der Waals surface area contributed by atoms with Crippen LogP contribution in [0.5, 0.6) is 0 Å². The van der Waals surface area contributed by atoms with E-state index in [-0.39, 0.29) is 6.04 Å². The highest BCUT2D eigenvalue weighted by Gasteiger charge is 2.39. The molecule has 1 N–H and O–H groups in total. The van der Waals surface area contributed by atoms with Crippen molar-refractivity contribution in [3.63, 3.8) is 0 Å². The maximum Gasteiger partial charge on any atom is 0.117 e. The van der Waals surface area contributed by atoms with E-state index >= 15 is 0 Å². The Hall–Kier alpha value is -3.04. The number of hydrogen-bond acceptors (Lipinski definition) is 1. The third kappa shape index (κ3) is 2.18. The summed E-state index contributed by atoms with van der Waals surface area (Å²) in [6, 6.07) is 29.9. The van der Waals surface area contributed by atoms with Gasteiger partial charge in [-0.05, 0) is 35.0 Å². The van der Waals surface area contributed by atoms with Gasteiger partial charge < -0.3 is 15.0 Å². The van der Waals surface area contributed by atoms with E-state index in [0.29, 0.717) is 6.54 Å². The van der Waals surface area contributed by atoms with Crippen LogP contribution in [0.1, 0.15) is 11.1 Å². The highest BCUT2D eigenvalue weighted by molar-refractivity contribution is 5.69. The first-order chi connectivity index (χ1) is 12.8. The Morgan fingerprint density at radius 3 is 2.08 bits per heavy atom. The second-order valence-corrected chi connectivity index (χ2v) is 6.81. The number of hydrogen-bond donors (Lipinski definition) is 1. The van der Waals surface area contributed by atoms with Crippen molar-refractivity contribution in [1.82, 2.24) is 4.57 Å². The number of benzene rings is 2. The van der Waals surface area contributed by atoms with Crippen LogP contribution in [0.25, 0.3) is 16.6 Å². The van der Waals surface area contributed by atoms with Gasteiger partial charge in [-0.25, -0.2) is 0 Å². The van der Waals surface area contributed by atoms with E-state index < -0.39 is 5.60 Å². The molecule has 128 valence electrons. The first kappa shape index (κ1) is 15.2. The molecule has 2 aromatic carbocycles. The summed E-state index contributed by atoms with van der Waals surface area (Å²) < 4.78 is 2.21. The van der Waals surface area contributed by atoms with Crippen molar-refractivity contribution >= 4 is 5.82 Å². The average Bonchev–Trinajstić information content (AvgIpc) is 3.35. The molecule has 1 aliphatic carbocycles. The standard InChI is InChI=1S/C23H19N2O/c26-23(18-9-3-1-4-10-18,19-11-5-2-6-12-19)21-16-25-20-13-7-8-17(20)14-15-22(25)24-21/h1-15,21,26H,16H2/q-1. The Bertz CT molecular complexity index is 967. The molecule has 5 rings (SSSR count). The second-order valence-electron chi connectivity index (χ2n) is 6.81. The van der Waals surface area contributed by atoms with Crippen molar-refractivity contribution in [2.45, 2.75) is 18.2 Å². The summed E-state index contributed by atoms with van der Waals surface area (Å²) in [4.78, 5) is 0. The van der Waals surface area contributed by atoms with E-state index in [9.17, 15) is 5.11 Å². The predicted octanol–water partition coefficient (Wildman–Crippen LogP) is 4.92. The maximum atomic E-state index is 11.9. The molecule has 2 aliphatic heterocycles. The molecule has 2 aromatic rings. The first-order valence-corrected chi connectivity index (χ1v) is 8.89. The van der Waals surface area contributed by atoms with Crippen LogP contribution in [0.3, 0.4) is 0 Å². The van der Waals surface area contributed by atoms with Gasteiger partial charge in [0, 0.05) is 0 Å². The molecule has 0 aromatic heterocycles. The molecular formula is C23H19N2O-. The van der Waals surface area contributed by atoms with E-state index in [1.54, 1.807) is 0 Å². The third-order valence-electron chi connectivity index (χ3n) is 5.36. The van der Waals surface area contributed by atoms with Crippen molar-refractivity contribution in [1.29, 1.82) is 0 Å². The lowest BCUT2D eigenvalue weighted by Crippen LogP contribution is -2.40. The summed E-state index contributed by atoms with van der Waals surface area (Å²) in [5, 5.41) is 16.9. The van der Waals surface area contributed by atoms with Crippen LogP contribution in [-0.2, 0) is 12.1 Å². The van der Waals surface area contributed by atoms with Crippen LogP contribution in [0.4, 0.5) is 5.82 Å². The first-order valence-electron chi connectivity index (χ1n) is 8.89. The molecule has 1 atom stereocenters. The van der Waals surface area contributed by atoms with Crippen molar-refractivity contribution in [3.05, 3.63) is 107 Å². The predicted molar refractivity (Wildman–Crippen MR) is 104 cm³/mol. The van der Waals surface area contributed by atoms with E-state index in [1.165, 1.54) is 5.56 Å². The molecule has 3 heteroatoms. The van der Waals surface area contributed by atoms with Gasteiger partial charge in [-0.2, -0.15) is 0 Å². The van der Waals surface area contributed by atoms with Gasteiger partial charge >= 0.3 is 0 Å². The lowest BCUT2D eigenvalue weighted by atomic mass is 9.80. The Labute approximate surface area is 152 Å². The summed E-state index contributed by atoms with van der Waals surface area (Å²) in [5.41, 5.74) is 2.93. The largest absolute Gasteiger partial charge is 0.459 e. The highest BCUT2D eigenvalue weighted by Crippen LogP contribution is 2.46. The van der Waals surface area contributed by atoms with Gasteiger partial charge in [0.05, 0.1) is 0 Å². The fourth-order valence-corrected chi connectivity index (χ4v) is 4.03. The summed E-state index contributed by atoms with van der Waals surface area (Å²) >= 11 is 0. The minimum atomic E-state index is -1.17. The molecule has 0 saturated heterocycles. The Kier molecular flexibility index (Phi) is 3.37. The summed E-state index contributed by atoms with van der Waals surface area (Å²) in [7, 11) is 0. The molecule has 1 unspecified atom stereocenters. The fourth-order valence-electron chi connectivity index (χ4n) is 4.03. The van der Waals surface area contributed by atoms with E-state index in [0.717, 1.165) is 22.6 Å². The monoisotopic (exact) mass is 339 g/mol. The Balaban J connectivity index is 1.63. The van der Waals surface area contributed by atoms with Crippen LogP contribution in [0.2, 0.25) is 0 Å². The topological polar surface area (TPSA) is 39.3 Å². The number of rotatable bonds is 3. The molecule has 0 spiro atoms. The Morgan fingerprint density at radius 2 is 1.42 bits per heavy atom. The highest BCUT2D eigenvalue weighted by atomic mass is 16.3. The van der Waals surface area contributed by atoms with Gasteiger partial charge in [0.1, 0.15) is 5.60 Å². The molecular weight excluding hydrogens is 320 g/mol. The molecule has 26 heavy (non-hydrogen) atoms. The summed E-state index contributed by atoms with van der Waals surface area (Å²) in [6.07, 6.45) is 0. The molecule has 0 bridgehead atoms. The number of aromatic nitrogens is 1. The van der Waals surface area contributed by atoms with Gasteiger partial charge in [0.25, 0.3) is 0 Å². The Morgan fingerprint density at radius 1 is 0.769 bits per heavy atom. The molecule has 0 amide bonds. The van der Waals surface area contributed by atoms with E-state index in [4.69, 9.17) is 5.32 Å². The summed E-state index contributed by atoms with van der Waals surface area (Å²) in [6.45, 7) is 0.650. The SMILES string of the molecule is OC(c1ccccc1)(c1ccccc1)C1Cn2c(ccc3cccc2-3)[N-]1. The van der Waals surface area contributed by atoms with Crippen molar-refractivity contribution in [2.24, 2.45) is 0 Å². The van der Waals surface area contributed by atoms with Crippen LogP contribution < -0.4 is 0 Å². The quantitative estimate of drug-likeness (QED) is 0.565. The normalized spacial score (nSPS) is 16.4. The van der Waals surface area contributed by atoms with Crippen LogP contribution in [0, 0.1) is 0 Å². The number of fused-ring (bicyclic) bond motifs is 3. The minimum Gasteiger partial charge on any atom is -0.459 e. The van der Waals surface area contributed by atoms with Crippen molar-refractivity contribution in [2.75, 3.05) is 0 Å². The van der Waals surface area contributed by atoms with Crippen LogP contribution in [0.15, 0.2) is 91.0 Å². The molecule has 0 saturated carbocycles. The van der Waals surface area contributed by atoms with Gasteiger partial charge in [0.2, 0.25) is 0 Å². The molecule has 0 radical (unpaired) electrons. The van der Waals surface area contributed by atoms with Gasteiger partial charge in [-0.15, -0.1) is 0 Å². The zero-order valence-electron chi connectivity index (χ0n) is 14.3. The van der Waals surface area contributed by atoms with Gasteiger partial charge in [-0.3, -0.25) is 0 Å². The van der Waals surface area contributed by atoms with Crippen molar-refractivity contribution in [3.8, 4) is 11.3 Å². The van der Waals surface area contributed by atoms with Crippen LogP contribution in [-0.4, -0.2) is 15.7 Å². The molecule has 3 nitrogen and oxygen atoms in total. The van der Waals surface area contributed by atoms with E-state index in [2.05, 4.69) is 28.8 Å². The number of nitrogens with zero attached hydrogens (tertiary/aromatic N) is 2. The molecule has 0 fully saturated rings. The molecule has 3 aliphatic rings. The average molecular weight is 339 g/mol. The lowest BCUT2D eigenvalue weighted by Gasteiger charge is -2.38. The fraction of sp³-hybridized carbons (Fsp3) is 0.130. The van der Waals surface area contributed by atoms with Crippen LogP contribution >= 0.6 is 0 Å². The smallest absolute Gasteiger partial charge is 0.117 e. The zero-order chi connectivity index (χ0) is 17.6.